The first-order valence-corrected chi connectivity index (χ1v) is 6.73. The van der Waals surface area contributed by atoms with Crippen LogP contribution in [0.25, 0.3) is 0 Å². The smallest absolute Gasteiger partial charge is 0.314 e. The van der Waals surface area contributed by atoms with Crippen molar-refractivity contribution in [3.8, 4) is 11.5 Å². The summed E-state index contributed by atoms with van der Waals surface area (Å²) in [5.74, 6) is -1.97. The zero-order valence-corrected chi connectivity index (χ0v) is 12.7. The van der Waals surface area contributed by atoms with Crippen molar-refractivity contribution in [1.29, 1.82) is 0 Å². The molecule has 0 aliphatic rings. The van der Waals surface area contributed by atoms with Crippen molar-refractivity contribution in [2.24, 2.45) is 0 Å². The Balaban J connectivity index is 2.50. The van der Waals surface area contributed by atoms with Gasteiger partial charge in [0.2, 0.25) is 5.75 Å². The summed E-state index contributed by atoms with van der Waals surface area (Å²) in [6.45, 7) is 0. The molecule has 0 amide bonds. The third-order valence-corrected chi connectivity index (χ3v) is 3.41. The molecule has 0 fully saturated rings. The van der Waals surface area contributed by atoms with E-state index in [-0.39, 0.29) is 16.0 Å². The standard InChI is InChI=1S/C12H5Br2F2NO3/c13-6-1-2-8(15)11(3-6)20-12-4-7(14)9(16)5-10(12)17(18)19/h1-5H. The summed E-state index contributed by atoms with van der Waals surface area (Å²) in [6.07, 6.45) is 0. The van der Waals surface area contributed by atoms with Gasteiger partial charge in [-0.05, 0) is 34.1 Å². The summed E-state index contributed by atoms with van der Waals surface area (Å²) in [4.78, 5) is 10.1. The monoisotopic (exact) mass is 407 g/mol. The molecule has 0 saturated heterocycles. The number of hydrogen-bond acceptors (Lipinski definition) is 3. The van der Waals surface area contributed by atoms with Crippen LogP contribution in [-0.2, 0) is 0 Å². The molecule has 0 aliphatic heterocycles. The van der Waals surface area contributed by atoms with Crippen molar-refractivity contribution >= 4 is 37.5 Å². The van der Waals surface area contributed by atoms with E-state index in [1.807, 2.05) is 0 Å². The number of benzene rings is 2. The predicted molar refractivity (Wildman–Crippen MR) is 74.9 cm³/mol. The third-order valence-electron chi connectivity index (χ3n) is 2.31. The average molecular weight is 409 g/mol. The summed E-state index contributed by atoms with van der Waals surface area (Å²) >= 11 is 6.03. The molecule has 0 aliphatic carbocycles. The Kier molecular flexibility index (Phi) is 4.34. The Morgan fingerprint density at radius 1 is 1.05 bits per heavy atom. The minimum atomic E-state index is -0.807. The van der Waals surface area contributed by atoms with Crippen LogP contribution in [0.1, 0.15) is 0 Å². The molecule has 2 aromatic rings. The number of halogens is 4. The SMILES string of the molecule is O=[N+]([O-])c1cc(F)c(Br)cc1Oc1cc(Br)ccc1F. The van der Waals surface area contributed by atoms with E-state index in [9.17, 15) is 18.9 Å². The summed E-state index contributed by atoms with van der Waals surface area (Å²) < 4.78 is 32.6. The molecule has 2 rings (SSSR count). The van der Waals surface area contributed by atoms with E-state index < -0.39 is 22.2 Å². The maximum atomic E-state index is 13.6. The molecule has 4 nitrogen and oxygen atoms in total. The summed E-state index contributed by atoms with van der Waals surface area (Å²) in [5.41, 5.74) is -0.593. The highest BCUT2D eigenvalue weighted by Crippen LogP contribution is 2.37. The molecular weight excluding hydrogens is 404 g/mol. The van der Waals surface area contributed by atoms with Crippen molar-refractivity contribution < 1.29 is 18.4 Å². The second-order valence-electron chi connectivity index (χ2n) is 3.67. The van der Waals surface area contributed by atoms with Gasteiger partial charge in [0.25, 0.3) is 0 Å². The maximum Gasteiger partial charge on any atom is 0.314 e. The first-order chi connectivity index (χ1) is 9.38. The highest BCUT2D eigenvalue weighted by atomic mass is 79.9. The van der Waals surface area contributed by atoms with Gasteiger partial charge in [0.1, 0.15) is 5.82 Å². The molecule has 0 aromatic heterocycles. The van der Waals surface area contributed by atoms with Crippen LogP contribution >= 0.6 is 31.9 Å². The van der Waals surface area contributed by atoms with Crippen molar-refractivity contribution in [2.45, 2.75) is 0 Å². The van der Waals surface area contributed by atoms with E-state index in [1.165, 1.54) is 12.1 Å². The van der Waals surface area contributed by atoms with Crippen molar-refractivity contribution in [3.63, 3.8) is 0 Å². The van der Waals surface area contributed by atoms with E-state index in [1.54, 1.807) is 0 Å². The van der Waals surface area contributed by atoms with Crippen LogP contribution in [-0.4, -0.2) is 4.92 Å². The number of rotatable bonds is 3. The summed E-state index contributed by atoms with van der Waals surface area (Å²) in [5, 5.41) is 10.9. The molecule has 0 spiro atoms. The lowest BCUT2D eigenvalue weighted by molar-refractivity contribution is -0.385. The molecule has 0 heterocycles. The molecular formula is C12H5Br2F2NO3. The van der Waals surface area contributed by atoms with Crippen LogP contribution in [0.5, 0.6) is 11.5 Å². The number of nitrogens with zero attached hydrogens (tertiary/aromatic N) is 1. The van der Waals surface area contributed by atoms with Gasteiger partial charge in [0.15, 0.2) is 11.6 Å². The summed E-state index contributed by atoms with van der Waals surface area (Å²) in [6, 6.07) is 5.69. The van der Waals surface area contributed by atoms with E-state index in [4.69, 9.17) is 4.74 Å². The van der Waals surface area contributed by atoms with Gasteiger partial charge in [-0.2, -0.15) is 0 Å². The molecule has 0 radical (unpaired) electrons. The van der Waals surface area contributed by atoms with Gasteiger partial charge in [-0.3, -0.25) is 10.1 Å². The topological polar surface area (TPSA) is 52.4 Å². The Labute approximate surface area is 128 Å². The largest absolute Gasteiger partial charge is 0.447 e. The fourth-order valence-electron chi connectivity index (χ4n) is 1.42. The first-order valence-electron chi connectivity index (χ1n) is 5.15. The quantitative estimate of drug-likeness (QED) is 0.518. The second-order valence-corrected chi connectivity index (χ2v) is 5.44. The second kappa shape index (κ2) is 5.84. The Hall–Kier alpha value is -1.54. The van der Waals surface area contributed by atoms with Crippen molar-refractivity contribution in [2.75, 3.05) is 0 Å². The lowest BCUT2D eigenvalue weighted by atomic mass is 10.3. The first kappa shape index (κ1) is 14.9. The maximum absolute atomic E-state index is 13.6. The summed E-state index contributed by atoms with van der Waals surface area (Å²) in [7, 11) is 0. The van der Waals surface area contributed by atoms with Crippen LogP contribution in [0.15, 0.2) is 39.3 Å². The van der Waals surface area contributed by atoms with Crippen LogP contribution < -0.4 is 4.74 Å². The van der Waals surface area contributed by atoms with Gasteiger partial charge in [0.05, 0.1) is 15.5 Å². The van der Waals surface area contributed by atoms with Gasteiger partial charge in [0, 0.05) is 10.5 Å². The minimum absolute atomic E-state index is 0.0199. The minimum Gasteiger partial charge on any atom is -0.447 e. The van der Waals surface area contributed by atoms with Crippen molar-refractivity contribution in [1.82, 2.24) is 0 Å². The zero-order chi connectivity index (χ0) is 14.9. The van der Waals surface area contributed by atoms with Gasteiger partial charge < -0.3 is 4.74 Å². The molecule has 8 heteroatoms. The molecule has 0 atom stereocenters. The number of nitro benzene ring substituents is 1. The van der Waals surface area contributed by atoms with Crippen LogP contribution in [0.3, 0.4) is 0 Å². The number of nitro groups is 1. The molecule has 20 heavy (non-hydrogen) atoms. The Morgan fingerprint density at radius 2 is 1.75 bits per heavy atom. The lowest BCUT2D eigenvalue weighted by Crippen LogP contribution is -1.96. The molecule has 2 aromatic carbocycles. The average Bonchev–Trinajstić information content (AvgIpc) is 2.37. The number of hydrogen-bond donors (Lipinski definition) is 0. The van der Waals surface area contributed by atoms with E-state index >= 15 is 0 Å². The van der Waals surface area contributed by atoms with E-state index in [0.29, 0.717) is 10.5 Å². The fourth-order valence-corrected chi connectivity index (χ4v) is 2.08. The molecule has 0 unspecified atom stereocenters. The van der Waals surface area contributed by atoms with Gasteiger partial charge in [-0.15, -0.1) is 0 Å². The van der Waals surface area contributed by atoms with Gasteiger partial charge in [-0.1, -0.05) is 15.9 Å². The van der Waals surface area contributed by atoms with Crippen LogP contribution in [0.2, 0.25) is 0 Å². The van der Waals surface area contributed by atoms with Crippen LogP contribution in [0.4, 0.5) is 14.5 Å². The van der Waals surface area contributed by atoms with Gasteiger partial charge in [-0.25, -0.2) is 8.78 Å². The van der Waals surface area contributed by atoms with Crippen molar-refractivity contribution in [3.05, 3.63) is 61.0 Å². The lowest BCUT2D eigenvalue weighted by Gasteiger charge is -2.08. The van der Waals surface area contributed by atoms with E-state index in [2.05, 4.69) is 31.9 Å². The highest BCUT2D eigenvalue weighted by molar-refractivity contribution is 9.10. The zero-order valence-electron chi connectivity index (χ0n) is 9.57. The molecule has 104 valence electrons. The molecule has 0 N–H and O–H groups in total. The fraction of sp³-hybridized carbons (Fsp3) is 0. The van der Waals surface area contributed by atoms with Crippen LogP contribution in [0, 0.1) is 21.7 Å². The highest BCUT2D eigenvalue weighted by Gasteiger charge is 2.20. The number of ether oxygens (including phenoxy) is 1. The normalized spacial score (nSPS) is 10.4. The third kappa shape index (κ3) is 3.13. The van der Waals surface area contributed by atoms with E-state index in [0.717, 1.165) is 12.1 Å². The molecule has 0 bridgehead atoms. The molecule has 0 saturated carbocycles. The Morgan fingerprint density at radius 3 is 2.40 bits per heavy atom. The van der Waals surface area contributed by atoms with Gasteiger partial charge >= 0.3 is 5.69 Å². The predicted octanol–water partition coefficient (Wildman–Crippen LogP) is 5.19. The Bertz CT molecular complexity index is 695.